The molecule has 3 amide bonds. The van der Waals surface area contributed by atoms with Gasteiger partial charge in [-0.05, 0) is 49.4 Å². The number of pyridine rings is 1. The molecule has 2 aromatic carbocycles. The van der Waals surface area contributed by atoms with E-state index in [2.05, 4.69) is 20.9 Å². The maximum atomic E-state index is 12.5. The Kier molecular flexibility index (Phi) is 5.99. The van der Waals surface area contributed by atoms with Gasteiger partial charge in [0, 0.05) is 24.0 Å². The molecule has 0 bridgehead atoms. The highest BCUT2D eigenvalue weighted by Gasteiger charge is 2.13. The van der Waals surface area contributed by atoms with Crippen LogP contribution in [0.2, 0.25) is 0 Å². The van der Waals surface area contributed by atoms with Crippen molar-refractivity contribution in [1.29, 1.82) is 0 Å². The molecule has 3 rings (SSSR count). The van der Waals surface area contributed by atoms with Crippen molar-refractivity contribution in [2.45, 2.75) is 13.8 Å². The van der Waals surface area contributed by atoms with Crippen LogP contribution in [-0.2, 0) is 4.79 Å². The van der Waals surface area contributed by atoms with Gasteiger partial charge in [-0.1, -0.05) is 29.8 Å². The highest BCUT2D eigenvalue weighted by molar-refractivity contribution is 6.06. The maximum Gasteiger partial charge on any atom is 0.274 e. The Morgan fingerprint density at radius 3 is 1.79 bits per heavy atom. The maximum absolute atomic E-state index is 12.5. The van der Waals surface area contributed by atoms with E-state index in [1.165, 1.54) is 19.1 Å². The molecule has 0 radical (unpaired) electrons. The Morgan fingerprint density at radius 1 is 0.690 bits per heavy atom. The minimum absolute atomic E-state index is 0.103. The van der Waals surface area contributed by atoms with Gasteiger partial charge in [-0.15, -0.1) is 0 Å². The van der Waals surface area contributed by atoms with Crippen LogP contribution < -0.4 is 16.0 Å². The Hall–Kier alpha value is -4.00. The number of amides is 3. The first kappa shape index (κ1) is 19.8. The van der Waals surface area contributed by atoms with Gasteiger partial charge in [-0.25, -0.2) is 4.98 Å². The zero-order valence-corrected chi connectivity index (χ0v) is 16.0. The van der Waals surface area contributed by atoms with Crippen molar-refractivity contribution in [3.05, 3.63) is 83.7 Å². The molecule has 3 aromatic rings. The lowest BCUT2D eigenvalue weighted by molar-refractivity contribution is -0.114. The van der Waals surface area contributed by atoms with Crippen LogP contribution in [0.3, 0.4) is 0 Å². The van der Waals surface area contributed by atoms with E-state index >= 15 is 0 Å². The number of carbonyl (C=O) groups is 3. The van der Waals surface area contributed by atoms with Gasteiger partial charge >= 0.3 is 0 Å². The van der Waals surface area contributed by atoms with Crippen molar-refractivity contribution < 1.29 is 14.4 Å². The molecule has 0 fully saturated rings. The summed E-state index contributed by atoms with van der Waals surface area (Å²) in [6.07, 6.45) is 0. The molecule has 7 nitrogen and oxygen atoms in total. The van der Waals surface area contributed by atoms with E-state index in [9.17, 15) is 14.4 Å². The quantitative estimate of drug-likeness (QED) is 0.618. The van der Waals surface area contributed by atoms with Crippen LogP contribution in [0.4, 0.5) is 17.1 Å². The summed E-state index contributed by atoms with van der Waals surface area (Å²) in [5, 5.41) is 8.11. The molecule has 0 saturated heterocycles. The van der Waals surface area contributed by atoms with Gasteiger partial charge in [-0.3, -0.25) is 14.4 Å². The fraction of sp³-hybridized carbons (Fsp3) is 0.0909. The smallest absolute Gasteiger partial charge is 0.274 e. The number of aryl methyl sites for hydroxylation is 1. The first-order valence-corrected chi connectivity index (χ1v) is 8.95. The largest absolute Gasteiger partial charge is 0.326 e. The lowest BCUT2D eigenvalue weighted by atomic mass is 10.2. The normalized spacial score (nSPS) is 10.1. The van der Waals surface area contributed by atoms with Crippen molar-refractivity contribution in [3.8, 4) is 0 Å². The van der Waals surface area contributed by atoms with Crippen LogP contribution in [0.15, 0.2) is 66.7 Å². The SMILES string of the molecule is CC(=O)Nc1cccc(NC(=O)c2cccc(C(=O)Nc3ccc(C)cc3)n2)c1. The minimum Gasteiger partial charge on any atom is -0.326 e. The van der Waals surface area contributed by atoms with Gasteiger partial charge < -0.3 is 16.0 Å². The molecule has 3 N–H and O–H groups in total. The minimum atomic E-state index is -0.463. The Bertz CT molecular complexity index is 1060. The number of nitrogens with zero attached hydrogens (tertiary/aromatic N) is 1. The third-order valence-electron chi connectivity index (χ3n) is 3.96. The summed E-state index contributed by atoms with van der Waals surface area (Å²) in [7, 11) is 0. The van der Waals surface area contributed by atoms with Crippen molar-refractivity contribution in [1.82, 2.24) is 4.98 Å². The van der Waals surface area contributed by atoms with E-state index in [0.717, 1.165) is 5.56 Å². The molecule has 1 aromatic heterocycles. The van der Waals surface area contributed by atoms with E-state index in [1.54, 1.807) is 42.5 Å². The molecule has 1 heterocycles. The molecule has 29 heavy (non-hydrogen) atoms. The lowest BCUT2D eigenvalue weighted by Gasteiger charge is -2.09. The van der Waals surface area contributed by atoms with E-state index in [0.29, 0.717) is 17.1 Å². The summed E-state index contributed by atoms with van der Waals surface area (Å²) in [5.41, 5.74) is 3.03. The van der Waals surface area contributed by atoms with E-state index in [-0.39, 0.29) is 17.3 Å². The second-order valence-corrected chi connectivity index (χ2v) is 6.44. The predicted molar refractivity (Wildman–Crippen MR) is 112 cm³/mol. The average Bonchev–Trinajstić information content (AvgIpc) is 2.69. The van der Waals surface area contributed by atoms with Gasteiger partial charge in [0.05, 0.1) is 0 Å². The van der Waals surface area contributed by atoms with Crippen LogP contribution in [0.5, 0.6) is 0 Å². The zero-order valence-electron chi connectivity index (χ0n) is 16.0. The fourth-order valence-electron chi connectivity index (χ4n) is 2.59. The summed E-state index contributed by atoms with van der Waals surface area (Å²) in [4.78, 5) is 40.3. The summed E-state index contributed by atoms with van der Waals surface area (Å²) in [6, 6.07) is 18.8. The second-order valence-electron chi connectivity index (χ2n) is 6.44. The molecule has 0 atom stereocenters. The van der Waals surface area contributed by atoms with Crippen LogP contribution >= 0.6 is 0 Å². The van der Waals surface area contributed by atoms with Crippen molar-refractivity contribution in [2.75, 3.05) is 16.0 Å². The molecule has 146 valence electrons. The van der Waals surface area contributed by atoms with Crippen LogP contribution in [0, 0.1) is 6.92 Å². The highest BCUT2D eigenvalue weighted by Crippen LogP contribution is 2.16. The first-order valence-electron chi connectivity index (χ1n) is 8.95. The summed E-state index contributed by atoms with van der Waals surface area (Å²) >= 11 is 0. The predicted octanol–water partition coefficient (Wildman–Crippen LogP) is 3.85. The number of rotatable bonds is 5. The summed E-state index contributed by atoms with van der Waals surface area (Å²) in [6.45, 7) is 3.36. The number of aromatic nitrogens is 1. The molecule has 0 aliphatic rings. The number of carbonyl (C=O) groups excluding carboxylic acids is 3. The third kappa shape index (κ3) is 5.49. The number of hydrogen-bond acceptors (Lipinski definition) is 4. The first-order chi connectivity index (χ1) is 13.9. The third-order valence-corrected chi connectivity index (χ3v) is 3.96. The summed E-state index contributed by atoms with van der Waals surface area (Å²) in [5.74, 6) is -1.08. The van der Waals surface area contributed by atoms with E-state index in [4.69, 9.17) is 0 Å². The molecular formula is C22H20N4O3. The molecular weight excluding hydrogens is 368 g/mol. The zero-order chi connectivity index (χ0) is 20.8. The molecule has 0 unspecified atom stereocenters. The van der Waals surface area contributed by atoms with Gasteiger partial charge in [0.25, 0.3) is 11.8 Å². The molecule has 0 aliphatic heterocycles. The standard InChI is InChI=1S/C22H20N4O3/c1-14-9-11-16(12-10-14)24-21(28)19-7-4-8-20(26-19)22(29)25-18-6-3-5-17(13-18)23-15(2)27/h3-13H,1-2H3,(H,23,27)(H,24,28)(H,25,29). The number of hydrogen-bond donors (Lipinski definition) is 3. The Labute approximate surface area is 168 Å². The van der Waals surface area contributed by atoms with Crippen LogP contribution in [-0.4, -0.2) is 22.7 Å². The Morgan fingerprint density at radius 2 is 1.21 bits per heavy atom. The van der Waals surface area contributed by atoms with Crippen molar-refractivity contribution in [3.63, 3.8) is 0 Å². The number of nitrogens with one attached hydrogen (secondary N) is 3. The van der Waals surface area contributed by atoms with Crippen LogP contribution in [0.1, 0.15) is 33.5 Å². The molecule has 0 saturated carbocycles. The topological polar surface area (TPSA) is 100 Å². The van der Waals surface area contributed by atoms with Gasteiger partial charge in [-0.2, -0.15) is 0 Å². The van der Waals surface area contributed by atoms with Crippen LogP contribution in [0.25, 0.3) is 0 Å². The highest BCUT2D eigenvalue weighted by atomic mass is 16.2. The molecule has 0 aliphatic carbocycles. The lowest BCUT2D eigenvalue weighted by Crippen LogP contribution is -2.18. The van der Waals surface area contributed by atoms with Gasteiger partial charge in [0.15, 0.2) is 0 Å². The number of benzene rings is 2. The fourth-order valence-corrected chi connectivity index (χ4v) is 2.59. The van der Waals surface area contributed by atoms with E-state index < -0.39 is 11.8 Å². The average molecular weight is 388 g/mol. The molecule has 0 spiro atoms. The summed E-state index contributed by atoms with van der Waals surface area (Å²) < 4.78 is 0. The van der Waals surface area contributed by atoms with E-state index in [1.807, 2.05) is 19.1 Å². The van der Waals surface area contributed by atoms with Crippen molar-refractivity contribution >= 4 is 34.8 Å². The van der Waals surface area contributed by atoms with Gasteiger partial charge in [0.1, 0.15) is 11.4 Å². The monoisotopic (exact) mass is 388 g/mol. The molecule has 7 heteroatoms. The Balaban J connectivity index is 1.71. The van der Waals surface area contributed by atoms with Gasteiger partial charge in [0.2, 0.25) is 5.91 Å². The second kappa shape index (κ2) is 8.79. The number of anilines is 3. The van der Waals surface area contributed by atoms with Crippen molar-refractivity contribution in [2.24, 2.45) is 0 Å².